The maximum Gasteiger partial charge on any atom is 0.122 e. The third kappa shape index (κ3) is 3.27. The van der Waals surface area contributed by atoms with Crippen molar-refractivity contribution < 1.29 is 4.74 Å². The minimum absolute atomic E-state index is 0.688. The van der Waals surface area contributed by atoms with E-state index in [0.717, 1.165) is 17.9 Å². The Morgan fingerprint density at radius 3 is 2.39 bits per heavy atom. The second kappa shape index (κ2) is 5.58. The summed E-state index contributed by atoms with van der Waals surface area (Å²) in [4.78, 5) is 0. The standard InChI is InChI=1S/C16H19NO/c1-12-3-8-16(13(2)11-12)18-10-9-14-4-6-15(17)7-5-14/h3-8,11H,9-10,17H2,1-2H3. The van der Waals surface area contributed by atoms with Gasteiger partial charge in [0.2, 0.25) is 0 Å². The molecule has 0 spiro atoms. The van der Waals surface area contributed by atoms with Crippen LogP contribution in [-0.2, 0) is 6.42 Å². The van der Waals surface area contributed by atoms with Gasteiger partial charge in [-0.15, -0.1) is 0 Å². The van der Waals surface area contributed by atoms with E-state index in [-0.39, 0.29) is 0 Å². The summed E-state index contributed by atoms with van der Waals surface area (Å²) in [6.07, 6.45) is 0.896. The Morgan fingerprint density at radius 2 is 1.72 bits per heavy atom. The molecule has 0 atom stereocenters. The molecule has 2 N–H and O–H groups in total. The first-order valence-electron chi connectivity index (χ1n) is 6.19. The molecule has 0 bridgehead atoms. The lowest BCUT2D eigenvalue weighted by atomic mass is 10.1. The van der Waals surface area contributed by atoms with E-state index >= 15 is 0 Å². The lowest BCUT2D eigenvalue weighted by Crippen LogP contribution is -2.02. The van der Waals surface area contributed by atoms with E-state index in [9.17, 15) is 0 Å². The molecular weight excluding hydrogens is 222 g/mol. The molecule has 0 unspecified atom stereocenters. The molecule has 0 heterocycles. The molecule has 94 valence electrons. The average molecular weight is 241 g/mol. The zero-order chi connectivity index (χ0) is 13.0. The molecule has 2 aromatic carbocycles. The number of nitrogen functional groups attached to an aromatic ring is 1. The van der Waals surface area contributed by atoms with E-state index in [0.29, 0.717) is 6.61 Å². The second-order valence-electron chi connectivity index (χ2n) is 4.61. The molecule has 0 aliphatic carbocycles. The van der Waals surface area contributed by atoms with Gasteiger partial charge in [-0.1, -0.05) is 29.8 Å². The first-order chi connectivity index (χ1) is 8.65. The van der Waals surface area contributed by atoms with E-state index in [1.807, 2.05) is 30.3 Å². The summed E-state index contributed by atoms with van der Waals surface area (Å²) in [6.45, 7) is 4.85. The van der Waals surface area contributed by atoms with E-state index in [2.05, 4.69) is 26.0 Å². The van der Waals surface area contributed by atoms with Crippen molar-refractivity contribution in [1.82, 2.24) is 0 Å². The smallest absolute Gasteiger partial charge is 0.122 e. The fourth-order valence-electron chi connectivity index (χ4n) is 1.92. The van der Waals surface area contributed by atoms with Gasteiger partial charge in [0, 0.05) is 12.1 Å². The van der Waals surface area contributed by atoms with Crippen molar-refractivity contribution in [1.29, 1.82) is 0 Å². The molecule has 2 aromatic rings. The van der Waals surface area contributed by atoms with Crippen LogP contribution in [-0.4, -0.2) is 6.61 Å². The predicted octanol–water partition coefficient (Wildman–Crippen LogP) is 3.51. The van der Waals surface area contributed by atoms with Crippen LogP contribution >= 0.6 is 0 Å². The molecule has 0 aromatic heterocycles. The van der Waals surface area contributed by atoms with Gasteiger partial charge >= 0.3 is 0 Å². The number of nitrogens with two attached hydrogens (primary N) is 1. The van der Waals surface area contributed by atoms with Gasteiger partial charge in [0.25, 0.3) is 0 Å². The summed E-state index contributed by atoms with van der Waals surface area (Å²) >= 11 is 0. The highest BCUT2D eigenvalue weighted by Crippen LogP contribution is 2.19. The van der Waals surface area contributed by atoms with Crippen LogP contribution < -0.4 is 10.5 Å². The van der Waals surface area contributed by atoms with Crippen LogP contribution in [0.4, 0.5) is 5.69 Å². The molecule has 2 nitrogen and oxygen atoms in total. The highest BCUT2D eigenvalue weighted by atomic mass is 16.5. The van der Waals surface area contributed by atoms with Crippen LogP contribution in [0.2, 0.25) is 0 Å². The van der Waals surface area contributed by atoms with Gasteiger partial charge in [-0.25, -0.2) is 0 Å². The summed E-state index contributed by atoms with van der Waals surface area (Å²) in [5.41, 5.74) is 10.1. The van der Waals surface area contributed by atoms with Gasteiger partial charge in [0.1, 0.15) is 5.75 Å². The lowest BCUT2D eigenvalue weighted by molar-refractivity contribution is 0.320. The Labute approximate surface area is 108 Å². The first-order valence-corrected chi connectivity index (χ1v) is 6.19. The molecular formula is C16H19NO. The van der Waals surface area contributed by atoms with Crippen molar-refractivity contribution in [3.63, 3.8) is 0 Å². The third-order valence-corrected chi connectivity index (χ3v) is 2.96. The fourth-order valence-corrected chi connectivity index (χ4v) is 1.92. The monoisotopic (exact) mass is 241 g/mol. The third-order valence-electron chi connectivity index (χ3n) is 2.96. The topological polar surface area (TPSA) is 35.2 Å². The normalized spacial score (nSPS) is 10.3. The molecule has 0 aliphatic heterocycles. The van der Waals surface area contributed by atoms with Crippen LogP contribution in [0.15, 0.2) is 42.5 Å². The highest BCUT2D eigenvalue weighted by molar-refractivity contribution is 5.39. The van der Waals surface area contributed by atoms with Crippen molar-refractivity contribution in [2.75, 3.05) is 12.3 Å². The van der Waals surface area contributed by atoms with E-state index in [1.165, 1.54) is 16.7 Å². The number of aryl methyl sites for hydroxylation is 2. The molecule has 2 rings (SSSR count). The van der Waals surface area contributed by atoms with Crippen molar-refractivity contribution in [2.45, 2.75) is 20.3 Å². The number of hydrogen-bond acceptors (Lipinski definition) is 2. The zero-order valence-electron chi connectivity index (χ0n) is 10.9. The first kappa shape index (κ1) is 12.5. The molecule has 18 heavy (non-hydrogen) atoms. The van der Waals surface area contributed by atoms with Crippen molar-refractivity contribution in [3.8, 4) is 5.75 Å². The largest absolute Gasteiger partial charge is 0.493 e. The lowest BCUT2D eigenvalue weighted by Gasteiger charge is -2.09. The summed E-state index contributed by atoms with van der Waals surface area (Å²) < 4.78 is 5.79. The number of anilines is 1. The van der Waals surface area contributed by atoms with Gasteiger partial charge in [-0.2, -0.15) is 0 Å². The summed E-state index contributed by atoms with van der Waals surface area (Å²) in [5, 5.41) is 0. The molecule has 0 saturated heterocycles. The summed E-state index contributed by atoms with van der Waals surface area (Å²) in [6, 6.07) is 14.2. The van der Waals surface area contributed by atoms with E-state index in [4.69, 9.17) is 10.5 Å². The van der Waals surface area contributed by atoms with Gasteiger partial charge in [-0.05, 0) is 43.2 Å². The van der Waals surface area contributed by atoms with Crippen LogP contribution in [0, 0.1) is 13.8 Å². The Hall–Kier alpha value is -1.96. The highest BCUT2D eigenvalue weighted by Gasteiger charge is 2.00. The van der Waals surface area contributed by atoms with Crippen molar-refractivity contribution in [3.05, 3.63) is 59.2 Å². The Morgan fingerprint density at radius 1 is 1.00 bits per heavy atom. The maximum absolute atomic E-state index is 5.79. The van der Waals surface area contributed by atoms with E-state index < -0.39 is 0 Å². The Kier molecular flexibility index (Phi) is 3.88. The number of hydrogen-bond donors (Lipinski definition) is 1. The predicted molar refractivity (Wildman–Crippen MR) is 76.0 cm³/mol. The summed E-state index contributed by atoms with van der Waals surface area (Å²) in [7, 11) is 0. The van der Waals surface area contributed by atoms with Crippen LogP contribution in [0.1, 0.15) is 16.7 Å². The molecule has 0 amide bonds. The number of rotatable bonds is 4. The van der Waals surface area contributed by atoms with E-state index in [1.54, 1.807) is 0 Å². The Balaban J connectivity index is 1.90. The summed E-state index contributed by atoms with van der Waals surface area (Å²) in [5.74, 6) is 0.969. The van der Waals surface area contributed by atoms with Gasteiger partial charge in [0.15, 0.2) is 0 Å². The molecule has 0 aliphatic rings. The molecule has 2 heteroatoms. The van der Waals surface area contributed by atoms with Crippen LogP contribution in [0.25, 0.3) is 0 Å². The SMILES string of the molecule is Cc1ccc(OCCc2ccc(N)cc2)c(C)c1. The molecule has 0 saturated carbocycles. The van der Waals surface area contributed by atoms with Crippen LogP contribution in [0.3, 0.4) is 0 Å². The number of ether oxygens (including phenoxy) is 1. The van der Waals surface area contributed by atoms with Crippen molar-refractivity contribution >= 4 is 5.69 Å². The minimum Gasteiger partial charge on any atom is -0.493 e. The van der Waals surface area contributed by atoms with Gasteiger partial charge in [-0.3, -0.25) is 0 Å². The number of benzene rings is 2. The van der Waals surface area contributed by atoms with Crippen LogP contribution in [0.5, 0.6) is 5.75 Å². The zero-order valence-corrected chi connectivity index (χ0v) is 10.9. The molecule has 0 fully saturated rings. The average Bonchev–Trinajstić information content (AvgIpc) is 2.34. The Bertz CT molecular complexity index is 517. The quantitative estimate of drug-likeness (QED) is 0.831. The minimum atomic E-state index is 0.688. The van der Waals surface area contributed by atoms with Gasteiger partial charge < -0.3 is 10.5 Å². The maximum atomic E-state index is 5.79. The fraction of sp³-hybridized carbons (Fsp3) is 0.250. The van der Waals surface area contributed by atoms with Gasteiger partial charge in [0.05, 0.1) is 6.61 Å². The molecule has 0 radical (unpaired) electrons. The van der Waals surface area contributed by atoms with Crippen molar-refractivity contribution in [2.24, 2.45) is 0 Å². The second-order valence-corrected chi connectivity index (χ2v) is 4.61.